The van der Waals surface area contributed by atoms with E-state index in [1.165, 1.54) is 4.47 Å². The first-order valence-corrected chi connectivity index (χ1v) is 13.6. The van der Waals surface area contributed by atoms with Gasteiger partial charge in [0.15, 0.2) is 0 Å². The minimum atomic E-state index is -3.90. The van der Waals surface area contributed by atoms with Crippen molar-refractivity contribution in [2.45, 2.75) is 94.8 Å². The Kier molecular flexibility index (Phi) is 6.72. The summed E-state index contributed by atoms with van der Waals surface area (Å²) in [7, 11) is -3.90. The van der Waals surface area contributed by atoms with Crippen LogP contribution in [0.5, 0.6) is 0 Å². The molecule has 2 heterocycles. The average molecular weight is 487 g/mol. The summed E-state index contributed by atoms with van der Waals surface area (Å²) >= 11 is 0. The summed E-state index contributed by atoms with van der Waals surface area (Å²) in [6.45, 7) is 12.8. The largest absolute Gasteiger partial charge is 0.296 e. The summed E-state index contributed by atoms with van der Waals surface area (Å²) in [6, 6.07) is 16.7. The molecule has 0 aliphatic carbocycles. The van der Waals surface area contributed by atoms with Crippen molar-refractivity contribution in [3.8, 4) is 0 Å². The van der Waals surface area contributed by atoms with E-state index in [9.17, 15) is 8.42 Å². The fourth-order valence-corrected chi connectivity index (χ4v) is 6.99. The zero-order chi connectivity index (χ0) is 24.8. The van der Waals surface area contributed by atoms with Crippen molar-refractivity contribution in [3.05, 3.63) is 65.7 Å². The van der Waals surface area contributed by atoms with E-state index in [2.05, 4.69) is 32.8 Å². The molecule has 0 saturated carbocycles. The van der Waals surface area contributed by atoms with E-state index < -0.39 is 15.6 Å². The molecular weight excluding hydrogens is 448 g/mol. The highest BCUT2D eigenvalue weighted by atomic mass is 32.2. The molecule has 0 unspecified atom stereocenters. The minimum Gasteiger partial charge on any atom is -0.296 e. The summed E-state index contributed by atoms with van der Waals surface area (Å²) in [4.78, 5) is 12.9. The molecule has 0 amide bonds. The molecule has 7 heteroatoms. The molecule has 2 aliphatic heterocycles. The summed E-state index contributed by atoms with van der Waals surface area (Å²) in [5.74, 6) is 0. The molecule has 2 atom stereocenters. The highest BCUT2D eigenvalue weighted by molar-refractivity contribution is 7.89. The number of nitrogens with zero attached hydrogens (tertiary/aromatic N) is 2. The molecular formula is C27H38N2O4S. The molecule has 0 N–H and O–H groups in total. The van der Waals surface area contributed by atoms with E-state index in [1.807, 2.05) is 56.3 Å². The zero-order valence-electron chi connectivity index (χ0n) is 21.2. The molecule has 0 bridgehead atoms. The molecule has 34 heavy (non-hydrogen) atoms. The lowest BCUT2D eigenvalue weighted by Gasteiger charge is -2.52. The van der Waals surface area contributed by atoms with Crippen LogP contribution in [-0.4, -0.2) is 41.2 Å². The van der Waals surface area contributed by atoms with Crippen LogP contribution >= 0.6 is 0 Å². The van der Waals surface area contributed by atoms with Crippen molar-refractivity contribution in [3.63, 3.8) is 0 Å². The summed E-state index contributed by atoms with van der Waals surface area (Å²) < 4.78 is 28.8. The van der Waals surface area contributed by atoms with Gasteiger partial charge in [-0.15, -0.1) is 0 Å². The van der Waals surface area contributed by atoms with E-state index in [0.717, 1.165) is 30.4 Å². The monoisotopic (exact) mass is 486 g/mol. The SMILES string of the molecule is Cc1ccc(S(=O)(=O)N2O[C@H](c3ccccc3)C[C@]2(C)CON2C(C)(C)CCCC2(C)C)cc1. The second-order valence-corrected chi connectivity index (χ2v) is 13.1. The molecule has 0 spiro atoms. The van der Waals surface area contributed by atoms with Crippen LogP contribution in [0, 0.1) is 6.92 Å². The number of piperidine rings is 1. The first-order valence-electron chi connectivity index (χ1n) is 12.1. The third-order valence-corrected chi connectivity index (χ3v) is 9.01. The van der Waals surface area contributed by atoms with Crippen LogP contribution in [0.3, 0.4) is 0 Å². The van der Waals surface area contributed by atoms with Crippen LogP contribution in [0.4, 0.5) is 0 Å². The number of sulfonamides is 1. The van der Waals surface area contributed by atoms with Crippen molar-refractivity contribution in [1.82, 2.24) is 9.53 Å². The van der Waals surface area contributed by atoms with E-state index in [4.69, 9.17) is 9.68 Å². The molecule has 2 fully saturated rings. The predicted molar refractivity (Wildman–Crippen MR) is 133 cm³/mol. The minimum absolute atomic E-state index is 0.142. The Labute approximate surface area is 204 Å². The van der Waals surface area contributed by atoms with Crippen molar-refractivity contribution >= 4 is 10.0 Å². The highest BCUT2D eigenvalue weighted by Gasteiger charge is 2.53. The van der Waals surface area contributed by atoms with E-state index in [-0.39, 0.29) is 28.7 Å². The Hall–Kier alpha value is -1.77. The molecule has 0 aromatic heterocycles. The lowest BCUT2D eigenvalue weighted by molar-refractivity contribution is -0.295. The number of hydrogen-bond acceptors (Lipinski definition) is 5. The maximum Gasteiger partial charge on any atom is 0.265 e. The van der Waals surface area contributed by atoms with Crippen LogP contribution in [0.25, 0.3) is 0 Å². The van der Waals surface area contributed by atoms with Crippen molar-refractivity contribution in [2.75, 3.05) is 6.61 Å². The third kappa shape index (κ3) is 4.82. The molecule has 0 radical (unpaired) electrons. The van der Waals surface area contributed by atoms with Gasteiger partial charge < -0.3 is 0 Å². The number of aryl methyl sites for hydroxylation is 1. The van der Waals surface area contributed by atoms with Crippen molar-refractivity contribution < 1.29 is 18.1 Å². The molecule has 2 saturated heterocycles. The van der Waals surface area contributed by atoms with Crippen molar-refractivity contribution in [2.24, 2.45) is 0 Å². The maximum absolute atomic E-state index is 13.8. The van der Waals surface area contributed by atoms with E-state index >= 15 is 0 Å². The molecule has 2 aromatic carbocycles. The van der Waals surface area contributed by atoms with Gasteiger partial charge >= 0.3 is 0 Å². The summed E-state index contributed by atoms with van der Waals surface area (Å²) in [6.07, 6.45) is 3.32. The second kappa shape index (κ2) is 9.03. The van der Waals surface area contributed by atoms with Gasteiger partial charge in [-0.2, -0.15) is 5.06 Å². The van der Waals surface area contributed by atoms with Crippen LogP contribution in [0.15, 0.2) is 59.5 Å². The maximum atomic E-state index is 13.8. The Morgan fingerprint density at radius 1 is 0.941 bits per heavy atom. The van der Waals surface area contributed by atoms with Crippen molar-refractivity contribution in [1.29, 1.82) is 0 Å². The van der Waals surface area contributed by atoms with E-state index in [0.29, 0.717) is 6.42 Å². The van der Waals surface area contributed by atoms with Gasteiger partial charge in [0.25, 0.3) is 10.0 Å². The van der Waals surface area contributed by atoms with Crippen LogP contribution in [0.2, 0.25) is 0 Å². The number of hydroxylamine groups is 3. The molecule has 6 nitrogen and oxygen atoms in total. The van der Waals surface area contributed by atoms with Gasteiger partial charge in [-0.05, 0) is 78.5 Å². The van der Waals surface area contributed by atoms with E-state index in [1.54, 1.807) is 12.1 Å². The van der Waals surface area contributed by atoms with Gasteiger partial charge in [-0.3, -0.25) is 9.68 Å². The summed E-state index contributed by atoms with van der Waals surface area (Å²) in [5.41, 5.74) is 0.792. The van der Waals surface area contributed by atoms with Gasteiger partial charge in [0.1, 0.15) is 6.10 Å². The lowest BCUT2D eigenvalue weighted by Crippen LogP contribution is -2.60. The third-order valence-electron chi connectivity index (χ3n) is 7.18. The molecule has 4 rings (SSSR count). The Morgan fingerprint density at radius 2 is 1.53 bits per heavy atom. The summed E-state index contributed by atoms with van der Waals surface area (Å²) in [5, 5.41) is 2.08. The number of benzene rings is 2. The Balaban J connectivity index is 1.67. The Morgan fingerprint density at radius 3 is 2.12 bits per heavy atom. The standard InChI is InChI=1S/C27H38N2O4S/c1-21-13-15-23(16-14-21)34(30,31)29-27(6,19-24(33-29)22-11-8-7-9-12-22)20-32-28-25(2,3)17-10-18-26(28,4)5/h7-9,11-16,24H,10,17-20H2,1-6H3/t24-,27+/m0/s1. The normalized spacial score (nSPS) is 27.6. The smallest absolute Gasteiger partial charge is 0.265 e. The first-order chi connectivity index (χ1) is 15.9. The zero-order valence-corrected chi connectivity index (χ0v) is 22.1. The van der Waals surface area contributed by atoms with Gasteiger partial charge in [0.05, 0.1) is 17.0 Å². The lowest BCUT2D eigenvalue weighted by atomic mass is 9.82. The number of rotatable bonds is 6. The van der Waals surface area contributed by atoms with Crippen LogP contribution in [0.1, 0.15) is 77.5 Å². The first kappa shape index (κ1) is 25.3. The van der Waals surface area contributed by atoms with Gasteiger partial charge in [0, 0.05) is 17.5 Å². The molecule has 186 valence electrons. The quantitative estimate of drug-likeness (QED) is 0.517. The van der Waals surface area contributed by atoms with Gasteiger partial charge in [-0.25, -0.2) is 8.42 Å². The van der Waals surface area contributed by atoms with Crippen LogP contribution < -0.4 is 0 Å². The fourth-order valence-electron chi connectivity index (χ4n) is 5.39. The second-order valence-electron chi connectivity index (χ2n) is 11.3. The molecule has 2 aromatic rings. The van der Waals surface area contributed by atoms with Gasteiger partial charge in [0.2, 0.25) is 0 Å². The number of hydrogen-bond donors (Lipinski definition) is 0. The molecule has 2 aliphatic rings. The van der Waals surface area contributed by atoms with Gasteiger partial charge in [-0.1, -0.05) is 52.5 Å². The highest BCUT2D eigenvalue weighted by Crippen LogP contribution is 2.45. The predicted octanol–water partition coefficient (Wildman–Crippen LogP) is 5.80. The van der Waals surface area contributed by atoms with Crippen LogP contribution in [-0.2, 0) is 19.7 Å². The fraction of sp³-hybridized carbons (Fsp3) is 0.556. The topological polar surface area (TPSA) is 59.1 Å². The Bertz CT molecular complexity index is 1080. The average Bonchev–Trinajstić information content (AvgIpc) is 3.12.